The summed E-state index contributed by atoms with van der Waals surface area (Å²) in [5.74, 6) is 2.93. The van der Waals surface area contributed by atoms with Gasteiger partial charge in [-0.05, 0) is 74.5 Å². The Morgan fingerprint density at radius 1 is 1.24 bits per heavy atom. The van der Waals surface area contributed by atoms with Crippen molar-refractivity contribution in [3.8, 4) is 0 Å². The molecule has 1 amide bonds. The van der Waals surface area contributed by atoms with E-state index in [0.29, 0.717) is 21.6 Å². The first-order valence-electron chi connectivity index (χ1n) is 8.92. The molecule has 21 heavy (non-hydrogen) atoms. The lowest BCUT2D eigenvalue weighted by atomic mass is 9.48. The van der Waals surface area contributed by atoms with E-state index in [1.54, 1.807) is 0 Å². The third-order valence-electron chi connectivity index (χ3n) is 6.65. The molecule has 4 aliphatic carbocycles. The average molecular weight is 354 g/mol. The monoisotopic (exact) mass is 353 g/mol. The van der Waals surface area contributed by atoms with Gasteiger partial charge in [-0.25, -0.2) is 0 Å². The van der Waals surface area contributed by atoms with Crippen molar-refractivity contribution < 1.29 is 4.79 Å². The predicted molar refractivity (Wildman–Crippen MR) is 88.4 cm³/mol. The van der Waals surface area contributed by atoms with Crippen molar-refractivity contribution in [2.75, 3.05) is 13.1 Å². The third kappa shape index (κ3) is 2.68. The number of hydrogen-bond acceptors (Lipinski definition) is 1. The zero-order chi connectivity index (χ0) is 14.7. The molecule has 3 heteroatoms. The second-order valence-electron chi connectivity index (χ2n) is 8.88. The summed E-state index contributed by atoms with van der Waals surface area (Å²) in [6.07, 6.45) is 11.4. The summed E-state index contributed by atoms with van der Waals surface area (Å²) >= 11 is 4.06. The fourth-order valence-corrected chi connectivity index (χ4v) is 7.90. The minimum Gasteiger partial charge on any atom is -0.342 e. The molecule has 0 N–H and O–H groups in total. The summed E-state index contributed by atoms with van der Waals surface area (Å²) in [5, 5.41) is 0. The van der Waals surface area contributed by atoms with E-state index in [2.05, 4.69) is 27.8 Å². The first-order valence-corrected chi connectivity index (χ1v) is 9.71. The molecule has 0 aromatic carbocycles. The van der Waals surface area contributed by atoms with Gasteiger partial charge in [0.1, 0.15) is 0 Å². The van der Waals surface area contributed by atoms with Crippen LogP contribution in [0.4, 0.5) is 0 Å². The number of nitrogens with zero attached hydrogens (tertiary/aromatic N) is 1. The Kier molecular flexibility index (Phi) is 3.44. The van der Waals surface area contributed by atoms with Gasteiger partial charge >= 0.3 is 0 Å². The van der Waals surface area contributed by atoms with Crippen molar-refractivity contribution in [2.45, 2.75) is 69.0 Å². The smallest absolute Gasteiger partial charge is 0.223 e. The quantitative estimate of drug-likeness (QED) is 0.675. The molecule has 0 radical (unpaired) electrons. The number of hydrogen-bond donors (Lipinski definition) is 0. The van der Waals surface area contributed by atoms with Crippen LogP contribution in [0.2, 0.25) is 0 Å². The van der Waals surface area contributed by atoms with Crippen LogP contribution >= 0.6 is 15.9 Å². The highest BCUT2D eigenvalue weighted by Gasteiger charge is 2.57. The lowest BCUT2D eigenvalue weighted by Crippen LogP contribution is -2.54. The molecule has 1 heterocycles. The summed E-state index contributed by atoms with van der Waals surface area (Å²) in [6, 6.07) is 0. The van der Waals surface area contributed by atoms with Gasteiger partial charge in [-0.1, -0.05) is 22.9 Å². The van der Waals surface area contributed by atoms with E-state index in [1.807, 2.05) is 0 Å². The van der Waals surface area contributed by atoms with Gasteiger partial charge in [0, 0.05) is 23.8 Å². The first-order chi connectivity index (χ1) is 9.95. The standard InChI is InChI=1S/C18H28BrNO/c1-13-3-2-4-20(11-13)16(21)10-17-6-14-5-15(7-17)9-18(19,8-14)12-17/h13-15H,2-12H2,1H3/t13-,14-,15+,17?,18?/m0/s1. The van der Waals surface area contributed by atoms with Crippen LogP contribution in [0.3, 0.4) is 0 Å². The van der Waals surface area contributed by atoms with Gasteiger partial charge in [-0.15, -0.1) is 0 Å². The van der Waals surface area contributed by atoms with Crippen LogP contribution in [-0.4, -0.2) is 28.2 Å². The predicted octanol–water partition coefficient (Wildman–Crippen LogP) is 4.37. The Morgan fingerprint density at radius 2 is 1.95 bits per heavy atom. The molecule has 1 aliphatic heterocycles. The maximum absolute atomic E-state index is 12.8. The van der Waals surface area contributed by atoms with E-state index in [9.17, 15) is 4.79 Å². The number of rotatable bonds is 2. The number of carbonyl (C=O) groups is 1. The minimum atomic E-state index is 0.339. The topological polar surface area (TPSA) is 20.3 Å². The van der Waals surface area contributed by atoms with Gasteiger partial charge in [0.2, 0.25) is 5.91 Å². The van der Waals surface area contributed by atoms with Crippen LogP contribution in [0.15, 0.2) is 0 Å². The van der Waals surface area contributed by atoms with Crippen LogP contribution in [0, 0.1) is 23.2 Å². The number of halogens is 1. The molecular formula is C18H28BrNO. The van der Waals surface area contributed by atoms with Crippen molar-refractivity contribution in [1.82, 2.24) is 4.90 Å². The van der Waals surface area contributed by atoms with Gasteiger partial charge in [0.25, 0.3) is 0 Å². The fourth-order valence-electron chi connectivity index (χ4n) is 6.39. The molecule has 2 nitrogen and oxygen atoms in total. The number of likely N-dealkylation sites (tertiary alicyclic amines) is 1. The maximum atomic E-state index is 12.8. The first kappa shape index (κ1) is 14.5. The van der Waals surface area contributed by atoms with Crippen LogP contribution < -0.4 is 0 Å². The molecule has 4 saturated carbocycles. The van der Waals surface area contributed by atoms with Gasteiger partial charge in [0.05, 0.1) is 0 Å². The third-order valence-corrected chi connectivity index (χ3v) is 7.57. The molecule has 0 spiro atoms. The molecule has 1 saturated heterocycles. The van der Waals surface area contributed by atoms with Crippen molar-refractivity contribution in [2.24, 2.45) is 23.2 Å². The molecule has 0 aromatic heterocycles. The van der Waals surface area contributed by atoms with Crippen LogP contribution in [0.5, 0.6) is 0 Å². The number of piperidine rings is 1. The summed E-state index contributed by atoms with van der Waals surface area (Å²) in [4.78, 5) is 15.0. The van der Waals surface area contributed by atoms with Gasteiger partial charge in [0.15, 0.2) is 0 Å². The second kappa shape index (κ2) is 4.97. The molecule has 5 atom stereocenters. The zero-order valence-electron chi connectivity index (χ0n) is 13.2. The fraction of sp³-hybridized carbons (Fsp3) is 0.944. The van der Waals surface area contributed by atoms with Crippen molar-refractivity contribution in [3.05, 3.63) is 0 Å². The van der Waals surface area contributed by atoms with E-state index in [-0.39, 0.29) is 0 Å². The number of carbonyl (C=O) groups excluding carboxylic acids is 1. The Morgan fingerprint density at radius 3 is 2.57 bits per heavy atom. The Labute approximate surface area is 137 Å². The highest BCUT2D eigenvalue weighted by molar-refractivity contribution is 9.10. The van der Waals surface area contributed by atoms with Crippen molar-refractivity contribution in [3.63, 3.8) is 0 Å². The van der Waals surface area contributed by atoms with Crippen LogP contribution in [0.25, 0.3) is 0 Å². The van der Waals surface area contributed by atoms with E-state index in [0.717, 1.165) is 31.3 Å². The Bertz CT molecular complexity index is 434. The van der Waals surface area contributed by atoms with E-state index >= 15 is 0 Å². The molecular weight excluding hydrogens is 326 g/mol. The highest BCUT2D eigenvalue weighted by atomic mass is 79.9. The van der Waals surface area contributed by atoms with Crippen LogP contribution in [-0.2, 0) is 4.79 Å². The normalized spacial score (nSPS) is 48.7. The molecule has 5 aliphatic rings. The summed E-state index contributed by atoms with van der Waals surface area (Å²) in [7, 11) is 0. The lowest BCUT2D eigenvalue weighted by molar-refractivity contribution is -0.140. The number of amides is 1. The van der Waals surface area contributed by atoms with E-state index in [1.165, 1.54) is 51.4 Å². The van der Waals surface area contributed by atoms with Crippen molar-refractivity contribution in [1.29, 1.82) is 0 Å². The maximum Gasteiger partial charge on any atom is 0.223 e. The Balaban J connectivity index is 1.47. The van der Waals surface area contributed by atoms with E-state index < -0.39 is 0 Å². The molecule has 4 bridgehead atoms. The molecule has 5 fully saturated rings. The lowest BCUT2D eigenvalue weighted by Gasteiger charge is -2.60. The van der Waals surface area contributed by atoms with E-state index in [4.69, 9.17) is 0 Å². The summed E-state index contributed by atoms with van der Waals surface area (Å²) < 4.78 is 0.382. The number of alkyl halides is 1. The Hall–Kier alpha value is -0.0500. The molecule has 2 unspecified atom stereocenters. The molecule has 0 aromatic rings. The second-order valence-corrected chi connectivity index (χ2v) is 10.6. The SMILES string of the molecule is C[C@H]1CCCN(C(=O)CC23C[C@@H]4C[C@@H](CC(Br)(C4)C2)C3)C1. The largest absolute Gasteiger partial charge is 0.342 e. The zero-order valence-corrected chi connectivity index (χ0v) is 14.8. The van der Waals surface area contributed by atoms with Gasteiger partial charge < -0.3 is 4.90 Å². The van der Waals surface area contributed by atoms with Gasteiger partial charge in [-0.2, -0.15) is 0 Å². The molecule has 5 rings (SSSR count). The summed E-state index contributed by atoms with van der Waals surface area (Å²) in [5.41, 5.74) is 0.339. The molecule has 118 valence electrons. The average Bonchev–Trinajstić information content (AvgIpc) is 2.34. The highest BCUT2D eigenvalue weighted by Crippen LogP contribution is 2.65. The summed E-state index contributed by atoms with van der Waals surface area (Å²) in [6.45, 7) is 4.30. The van der Waals surface area contributed by atoms with Crippen LogP contribution in [0.1, 0.15) is 64.7 Å². The van der Waals surface area contributed by atoms with Gasteiger partial charge in [-0.3, -0.25) is 4.79 Å². The van der Waals surface area contributed by atoms with Crippen molar-refractivity contribution >= 4 is 21.8 Å². The minimum absolute atomic E-state index is 0.339.